The molecule has 0 aliphatic carbocycles. The van der Waals surface area contributed by atoms with Gasteiger partial charge in [-0.2, -0.15) is 10.1 Å². The molecule has 0 radical (unpaired) electrons. The summed E-state index contributed by atoms with van der Waals surface area (Å²) in [4.78, 5) is 15.0. The number of carbonyl (C=O) groups is 1. The zero-order valence-corrected chi connectivity index (χ0v) is 10.3. The Morgan fingerprint density at radius 1 is 1.37 bits per heavy atom. The molecule has 2 aromatic rings. The van der Waals surface area contributed by atoms with Crippen molar-refractivity contribution in [2.75, 3.05) is 6.61 Å². The molecule has 1 heterocycles. The Hall–Kier alpha value is -2.69. The lowest BCUT2D eigenvalue weighted by atomic mass is 10.3. The van der Waals surface area contributed by atoms with Crippen molar-refractivity contribution in [1.82, 2.24) is 9.78 Å². The normalized spacial score (nSPS) is 11.1. The van der Waals surface area contributed by atoms with E-state index in [9.17, 15) is 4.79 Å². The number of benzene rings is 1. The first-order valence-electron chi connectivity index (χ1n) is 5.72. The molecule has 0 saturated carbocycles. The van der Waals surface area contributed by atoms with Crippen LogP contribution in [-0.2, 0) is 4.74 Å². The largest absolute Gasteiger partial charge is 0.444 e. The van der Waals surface area contributed by atoms with E-state index in [1.807, 2.05) is 30.3 Å². The van der Waals surface area contributed by atoms with Gasteiger partial charge in [-0.15, -0.1) is 0 Å². The molecule has 0 saturated heterocycles. The van der Waals surface area contributed by atoms with Gasteiger partial charge in [-0.05, 0) is 18.2 Å². The molecule has 96 valence electrons. The minimum atomic E-state index is -0.654. The zero-order chi connectivity index (χ0) is 13.5. The molecule has 5 heteroatoms. The highest BCUT2D eigenvalue weighted by Gasteiger charge is 1.97. The molecule has 0 unspecified atom stereocenters. The van der Waals surface area contributed by atoms with Crippen LogP contribution in [0.25, 0.3) is 5.69 Å². The van der Waals surface area contributed by atoms with Gasteiger partial charge in [-0.1, -0.05) is 30.9 Å². The van der Waals surface area contributed by atoms with Crippen LogP contribution in [-0.4, -0.2) is 22.5 Å². The summed E-state index contributed by atoms with van der Waals surface area (Å²) in [5, 5.41) is 4.62. The predicted molar refractivity (Wildman–Crippen MR) is 70.7 cm³/mol. The number of ether oxygens (including phenoxy) is 1. The summed E-state index contributed by atoms with van der Waals surface area (Å²) in [7, 11) is 0. The number of carbonyl (C=O) groups excluding carboxylic acids is 1. The third-order valence-electron chi connectivity index (χ3n) is 2.27. The number of aromatic nitrogens is 2. The topological polar surface area (TPSA) is 56.5 Å². The summed E-state index contributed by atoms with van der Waals surface area (Å²) < 4.78 is 6.44. The Kier molecular flexibility index (Phi) is 4.23. The van der Waals surface area contributed by atoms with Crippen molar-refractivity contribution in [3.8, 4) is 5.69 Å². The number of hydrogen-bond donors (Lipinski definition) is 0. The van der Waals surface area contributed by atoms with Crippen LogP contribution in [0.15, 0.2) is 66.4 Å². The van der Waals surface area contributed by atoms with Crippen LogP contribution in [0.2, 0.25) is 0 Å². The molecule has 0 aliphatic heterocycles. The molecule has 0 fully saturated rings. The molecule has 5 nitrogen and oxygen atoms in total. The van der Waals surface area contributed by atoms with Gasteiger partial charge in [-0.3, -0.25) is 0 Å². The monoisotopic (exact) mass is 255 g/mol. The fourth-order valence-electron chi connectivity index (χ4n) is 1.42. The van der Waals surface area contributed by atoms with Gasteiger partial charge in [0.25, 0.3) is 0 Å². The van der Waals surface area contributed by atoms with Crippen LogP contribution in [0.1, 0.15) is 0 Å². The van der Waals surface area contributed by atoms with Gasteiger partial charge in [0, 0.05) is 6.20 Å². The van der Waals surface area contributed by atoms with E-state index in [0.717, 1.165) is 5.69 Å². The van der Waals surface area contributed by atoms with Crippen LogP contribution >= 0.6 is 0 Å². The average Bonchev–Trinajstić information content (AvgIpc) is 2.47. The van der Waals surface area contributed by atoms with Crippen molar-refractivity contribution in [3.63, 3.8) is 0 Å². The molecule has 0 bridgehead atoms. The van der Waals surface area contributed by atoms with Crippen LogP contribution in [0.5, 0.6) is 0 Å². The Balaban J connectivity index is 2.17. The van der Waals surface area contributed by atoms with Crippen LogP contribution < -0.4 is 5.36 Å². The van der Waals surface area contributed by atoms with Crippen molar-refractivity contribution >= 4 is 6.09 Å². The van der Waals surface area contributed by atoms with E-state index < -0.39 is 6.09 Å². The molecule has 1 amide bonds. The molecule has 19 heavy (non-hydrogen) atoms. The Morgan fingerprint density at radius 2 is 2.16 bits per heavy atom. The van der Waals surface area contributed by atoms with Gasteiger partial charge in [0.1, 0.15) is 6.61 Å². The van der Waals surface area contributed by atoms with Gasteiger partial charge in [0.15, 0.2) is 0 Å². The number of para-hydroxylation sites is 1. The Bertz CT molecular complexity index is 612. The first-order chi connectivity index (χ1) is 9.29. The Labute approximate surface area is 110 Å². The van der Waals surface area contributed by atoms with E-state index >= 15 is 0 Å². The lowest BCUT2D eigenvalue weighted by Crippen LogP contribution is -2.11. The minimum Gasteiger partial charge on any atom is -0.444 e. The van der Waals surface area contributed by atoms with E-state index in [1.165, 1.54) is 12.3 Å². The van der Waals surface area contributed by atoms with Crippen molar-refractivity contribution in [2.24, 2.45) is 4.99 Å². The van der Waals surface area contributed by atoms with E-state index in [1.54, 1.807) is 16.9 Å². The maximum Gasteiger partial charge on any atom is 0.434 e. The van der Waals surface area contributed by atoms with Crippen molar-refractivity contribution < 1.29 is 9.53 Å². The van der Waals surface area contributed by atoms with E-state index in [4.69, 9.17) is 4.74 Å². The molecule has 2 rings (SSSR count). The fourth-order valence-corrected chi connectivity index (χ4v) is 1.42. The summed E-state index contributed by atoms with van der Waals surface area (Å²) in [5.74, 6) is 0. The van der Waals surface area contributed by atoms with Crippen LogP contribution in [0, 0.1) is 0 Å². The van der Waals surface area contributed by atoms with Crippen LogP contribution in [0.3, 0.4) is 0 Å². The highest BCUT2D eigenvalue weighted by Crippen LogP contribution is 2.02. The van der Waals surface area contributed by atoms with Crippen molar-refractivity contribution in [1.29, 1.82) is 0 Å². The molecule has 1 aromatic carbocycles. The highest BCUT2D eigenvalue weighted by molar-refractivity contribution is 5.68. The van der Waals surface area contributed by atoms with Crippen molar-refractivity contribution in [3.05, 3.63) is 66.8 Å². The Morgan fingerprint density at radius 3 is 2.79 bits per heavy atom. The number of amides is 1. The summed E-state index contributed by atoms with van der Waals surface area (Å²) in [6, 6.07) is 11.3. The van der Waals surface area contributed by atoms with E-state index in [-0.39, 0.29) is 6.61 Å². The average molecular weight is 255 g/mol. The SMILES string of the molecule is C=CCOC(=O)/N=c1\ccn(-c2ccccc2)nc1. The summed E-state index contributed by atoms with van der Waals surface area (Å²) in [6.45, 7) is 3.60. The van der Waals surface area contributed by atoms with Gasteiger partial charge in [0.05, 0.1) is 17.2 Å². The predicted octanol–water partition coefficient (Wildman–Crippen LogP) is 2.10. The van der Waals surface area contributed by atoms with Gasteiger partial charge >= 0.3 is 6.09 Å². The minimum absolute atomic E-state index is 0.145. The quantitative estimate of drug-likeness (QED) is 0.789. The summed E-state index contributed by atoms with van der Waals surface area (Å²) in [6.07, 6.45) is 4.07. The molecular weight excluding hydrogens is 242 g/mol. The highest BCUT2D eigenvalue weighted by atomic mass is 16.5. The fraction of sp³-hybridized carbons (Fsp3) is 0.0714. The first kappa shape index (κ1) is 12.8. The smallest absolute Gasteiger partial charge is 0.434 e. The number of hydrogen-bond acceptors (Lipinski definition) is 3. The second-order valence-corrected chi connectivity index (χ2v) is 3.64. The number of nitrogens with zero attached hydrogens (tertiary/aromatic N) is 3. The maximum absolute atomic E-state index is 11.3. The lowest BCUT2D eigenvalue weighted by Gasteiger charge is -2.03. The molecule has 0 spiro atoms. The van der Waals surface area contributed by atoms with Gasteiger partial charge in [0.2, 0.25) is 0 Å². The number of rotatable bonds is 3. The standard InChI is InChI=1S/C14H13N3O2/c1-2-10-19-14(18)16-12-8-9-17(15-11-12)13-6-4-3-5-7-13/h2-9,11H,1,10H2/b16-12+. The van der Waals surface area contributed by atoms with E-state index in [2.05, 4.69) is 16.7 Å². The third kappa shape index (κ3) is 3.64. The second kappa shape index (κ2) is 6.30. The molecule has 0 atom stereocenters. The second-order valence-electron chi connectivity index (χ2n) is 3.64. The maximum atomic E-state index is 11.3. The van der Waals surface area contributed by atoms with Gasteiger partial charge < -0.3 is 4.74 Å². The molecule has 0 N–H and O–H groups in total. The van der Waals surface area contributed by atoms with Crippen molar-refractivity contribution in [2.45, 2.75) is 0 Å². The lowest BCUT2D eigenvalue weighted by molar-refractivity contribution is 0.169. The van der Waals surface area contributed by atoms with Crippen LogP contribution in [0.4, 0.5) is 4.79 Å². The summed E-state index contributed by atoms with van der Waals surface area (Å²) in [5.41, 5.74) is 0.934. The first-order valence-corrected chi connectivity index (χ1v) is 5.72. The van der Waals surface area contributed by atoms with Gasteiger partial charge in [-0.25, -0.2) is 9.48 Å². The van der Waals surface area contributed by atoms with E-state index in [0.29, 0.717) is 5.36 Å². The zero-order valence-electron chi connectivity index (χ0n) is 10.3. The molecular formula is C14H13N3O2. The molecule has 1 aromatic heterocycles. The molecule has 0 aliphatic rings. The third-order valence-corrected chi connectivity index (χ3v) is 2.27. The summed E-state index contributed by atoms with van der Waals surface area (Å²) >= 11 is 0.